The molecule has 0 aromatic rings. The predicted octanol–water partition coefficient (Wildman–Crippen LogP) is 2.03. The average molecular weight is 117 g/mol. The predicted molar refractivity (Wildman–Crippen MR) is 40.2 cm³/mol. The lowest BCUT2D eigenvalue weighted by molar-refractivity contribution is 0.613. The molecule has 0 aliphatic rings. The first-order chi connectivity index (χ1) is 3.77. The van der Waals surface area contributed by atoms with Crippen LogP contribution in [0.1, 0.15) is 34.6 Å². The van der Waals surface area contributed by atoms with Gasteiger partial charge in [0.25, 0.3) is 0 Å². The molecular weight excluding hydrogens is 98.1 g/mol. The van der Waals surface area contributed by atoms with Crippen molar-refractivity contribution in [2.24, 2.45) is 0 Å². The van der Waals surface area contributed by atoms with Crippen LogP contribution in [0.4, 0.5) is 0 Å². The van der Waals surface area contributed by atoms with Crippen LogP contribution in [-0.4, -0.2) is 12.6 Å². The van der Waals surface area contributed by atoms with E-state index in [0.29, 0.717) is 6.04 Å². The Balaban J connectivity index is 0. The van der Waals surface area contributed by atoms with Crippen molar-refractivity contribution in [2.75, 3.05) is 6.54 Å². The van der Waals surface area contributed by atoms with Crippen LogP contribution >= 0.6 is 0 Å². The normalized spacial score (nSPS) is 8.25. The van der Waals surface area contributed by atoms with Crippen molar-refractivity contribution >= 4 is 0 Å². The molecule has 0 fully saturated rings. The average Bonchev–Trinajstić information content (AvgIpc) is 1.72. The van der Waals surface area contributed by atoms with Crippen molar-refractivity contribution in [3.05, 3.63) is 0 Å². The second-order valence-corrected chi connectivity index (χ2v) is 1.71. The topological polar surface area (TPSA) is 12.0 Å². The summed E-state index contributed by atoms with van der Waals surface area (Å²) in [6, 6.07) is 0.648. The van der Waals surface area contributed by atoms with Crippen LogP contribution in [0.15, 0.2) is 0 Å². The Labute approximate surface area is 53.5 Å². The summed E-state index contributed by atoms with van der Waals surface area (Å²) < 4.78 is 0. The van der Waals surface area contributed by atoms with Crippen LogP contribution in [-0.2, 0) is 0 Å². The standard InChI is InChI=1S/C5H13N.C2H6/c1-4-6-5(2)3;1-2/h5-6H,4H2,1-3H3;1-2H3. The van der Waals surface area contributed by atoms with Gasteiger partial charge in [-0.3, -0.25) is 0 Å². The number of nitrogens with one attached hydrogen (secondary N) is 1. The minimum atomic E-state index is 0.648. The Morgan fingerprint density at radius 3 is 1.62 bits per heavy atom. The summed E-state index contributed by atoms with van der Waals surface area (Å²) >= 11 is 0. The van der Waals surface area contributed by atoms with E-state index in [2.05, 4.69) is 26.1 Å². The van der Waals surface area contributed by atoms with Crippen molar-refractivity contribution < 1.29 is 0 Å². The van der Waals surface area contributed by atoms with Gasteiger partial charge in [0.1, 0.15) is 0 Å². The summed E-state index contributed by atoms with van der Waals surface area (Å²) in [7, 11) is 0. The Hall–Kier alpha value is -0.0400. The van der Waals surface area contributed by atoms with E-state index in [9.17, 15) is 0 Å². The molecule has 8 heavy (non-hydrogen) atoms. The fraction of sp³-hybridized carbons (Fsp3) is 1.00. The SMILES string of the molecule is CC.CCNC(C)C. The lowest BCUT2D eigenvalue weighted by Gasteiger charge is -2.00. The fourth-order valence-electron chi connectivity index (χ4n) is 0.408. The highest BCUT2D eigenvalue weighted by Crippen LogP contribution is 1.70. The fourth-order valence-corrected chi connectivity index (χ4v) is 0.408. The van der Waals surface area contributed by atoms with Crippen molar-refractivity contribution in [3.8, 4) is 0 Å². The van der Waals surface area contributed by atoms with Crippen molar-refractivity contribution in [1.29, 1.82) is 0 Å². The smallest absolute Gasteiger partial charge is 0.00102 e. The summed E-state index contributed by atoms with van der Waals surface area (Å²) in [5.41, 5.74) is 0. The van der Waals surface area contributed by atoms with Crippen molar-refractivity contribution in [1.82, 2.24) is 5.32 Å². The van der Waals surface area contributed by atoms with Gasteiger partial charge < -0.3 is 5.32 Å². The van der Waals surface area contributed by atoms with Gasteiger partial charge in [0.15, 0.2) is 0 Å². The molecule has 0 rings (SSSR count). The number of rotatable bonds is 2. The molecule has 0 saturated carbocycles. The summed E-state index contributed by atoms with van der Waals surface area (Å²) in [5.74, 6) is 0. The first kappa shape index (κ1) is 10.9. The van der Waals surface area contributed by atoms with Gasteiger partial charge >= 0.3 is 0 Å². The van der Waals surface area contributed by atoms with Crippen molar-refractivity contribution in [3.63, 3.8) is 0 Å². The first-order valence-corrected chi connectivity index (χ1v) is 3.50. The molecule has 0 unspecified atom stereocenters. The second-order valence-electron chi connectivity index (χ2n) is 1.71. The molecule has 0 amide bonds. The zero-order valence-corrected chi connectivity index (χ0v) is 6.78. The van der Waals surface area contributed by atoms with Gasteiger partial charge in [0.2, 0.25) is 0 Å². The van der Waals surface area contributed by atoms with Gasteiger partial charge in [0, 0.05) is 6.04 Å². The van der Waals surface area contributed by atoms with Crippen LogP contribution in [0.5, 0.6) is 0 Å². The second kappa shape index (κ2) is 10.0. The van der Waals surface area contributed by atoms with Gasteiger partial charge in [0.05, 0.1) is 0 Å². The van der Waals surface area contributed by atoms with E-state index in [-0.39, 0.29) is 0 Å². The Morgan fingerprint density at radius 2 is 1.62 bits per heavy atom. The van der Waals surface area contributed by atoms with E-state index < -0.39 is 0 Å². The van der Waals surface area contributed by atoms with E-state index in [4.69, 9.17) is 0 Å². The van der Waals surface area contributed by atoms with Crippen LogP contribution in [0.2, 0.25) is 0 Å². The van der Waals surface area contributed by atoms with E-state index >= 15 is 0 Å². The third-order valence-electron chi connectivity index (χ3n) is 0.612. The van der Waals surface area contributed by atoms with E-state index in [1.54, 1.807) is 0 Å². The summed E-state index contributed by atoms with van der Waals surface area (Å²) in [6.45, 7) is 11.5. The maximum atomic E-state index is 3.21. The van der Waals surface area contributed by atoms with Crippen LogP contribution in [0.25, 0.3) is 0 Å². The Kier molecular flexibility index (Phi) is 13.6. The molecule has 0 aromatic carbocycles. The molecule has 0 radical (unpaired) electrons. The van der Waals surface area contributed by atoms with Crippen molar-refractivity contribution in [2.45, 2.75) is 40.7 Å². The molecule has 0 atom stereocenters. The third kappa shape index (κ3) is 16.7. The first-order valence-electron chi connectivity index (χ1n) is 3.50. The molecule has 1 nitrogen and oxygen atoms in total. The molecule has 0 aromatic heterocycles. The summed E-state index contributed by atoms with van der Waals surface area (Å²) in [4.78, 5) is 0. The minimum absolute atomic E-state index is 0.648. The molecule has 0 spiro atoms. The molecule has 0 bridgehead atoms. The molecule has 0 aliphatic heterocycles. The van der Waals surface area contributed by atoms with E-state index in [1.807, 2.05) is 13.8 Å². The van der Waals surface area contributed by atoms with Crippen LogP contribution < -0.4 is 5.32 Å². The van der Waals surface area contributed by atoms with Gasteiger partial charge in [-0.25, -0.2) is 0 Å². The Morgan fingerprint density at radius 1 is 1.25 bits per heavy atom. The highest BCUT2D eigenvalue weighted by Gasteiger charge is 1.82. The minimum Gasteiger partial charge on any atom is -0.315 e. The van der Waals surface area contributed by atoms with E-state index in [1.165, 1.54) is 0 Å². The van der Waals surface area contributed by atoms with E-state index in [0.717, 1.165) is 6.54 Å². The molecule has 0 saturated heterocycles. The highest BCUT2D eigenvalue weighted by atomic mass is 14.9. The molecule has 0 aliphatic carbocycles. The maximum absolute atomic E-state index is 3.21. The highest BCUT2D eigenvalue weighted by molar-refractivity contribution is 4.46. The third-order valence-corrected chi connectivity index (χ3v) is 0.612. The summed E-state index contributed by atoms with van der Waals surface area (Å²) in [5, 5.41) is 3.21. The summed E-state index contributed by atoms with van der Waals surface area (Å²) in [6.07, 6.45) is 0. The monoisotopic (exact) mass is 117 g/mol. The maximum Gasteiger partial charge on any atom is 0.00102 e. The Bertz CT molecular complexity index is 25.6. The lowest BCUT2D eigenvalue weighted by atomic mass is 10.4. The van der Waals surface area contributed by atoms with Gasteiger partial charge in [-0.1, -0.05) is 34.6 Å². The molecule has 1 heteroatoms. The molecule has 0 heterocycles. The zero-order chi connectivity index (χ0) is 6.99. The zero-order valence-electron chi connectivity index (χ0n) is 6.78. The molecular formula is C7H19N. The largest absolute Gasteiger partial charge is 0.315 e. The van der Waals surface area contributed by atoms with Gasteiger partial charge in [-0.15, -0.1) is 0 Å². The van der Waals surface area contributed by atoms with Crippen LogP contribution in [0.3, 0.4) is 0 Å². The molecule has 52 valence electrons. The van der Waals surface area contributed by atoms with Gasteiger partial charge in [-0.05, 0) is 6.54 Å². The number of hydrogen-bond acceptors (Lipinski definition) is 1. The van der Waals surface area contributed by atoms with Crippen LogP contribution in [0, 0.1) is 0 Å². The quantitative estimate of drug-likeness (QED) is 0.583. The molecule has 1 N–H and O–H groups in total. The van der Waals surface area contributed by atoms with Gasteiger partial charge in [-0.2, -0.15) is 0 Å². The number of hydrogen-bond donors (Lipinski definition) is 1. The lowest BCUT2D eigenvalue weighted by Crippen LogP contribution is -2.21.